The van der Waals surface area contributed by atoms with E-state index >= 15 is 0 Å². The Morgan fingerprint density at radius 3 is 2.90 bits per heavy atom. The third-order valence-corrected chi connectivity index (χ3v) is 1.36. The molecule has 56 valence electrons. The zero-order chi connectivity index (χ0) is 7.40. The van der Waals surface area contributed by atoms with Gasteiger partial charge in [0.25, 0.3) is 0 Å². The molecule has 0 atom stereocenters. The topological polar surface area (TPSA) is 29.3 Å². The average molecular weight is 141 g/mol. The highest BCUT2D eigenvalue weighted by Crippen LogP contribution is 2.00. The van der Waals surface area contributed by atoms with E-state index in [1.165, 1.54) is 6.08 Å². The van der Waals surface area contributed by atoms with Gasteiger partial charge in [-0.15, -0.1) is 0 Å². The van der Waals surface area contributed by atoms with Gasteiger partial charge < -0.3 is 4.74 Å². The Labute approximate surface area is 60.3 Å². The third-order valence-electron chi connectivity index (χ3n) is 1.36. The number of carbonyl (C=O) groups excluding carboxylic acids is 1. The summed E-state index contributed by atoms with van der Waals surface area (Å²) < 4.78 is 4.74. The summed E-state index contributed by atoms with van der Waals surface area (Å²) >= 11 is 0. The molecule has 0 aromatic rings. The van der Waals surface area contributed by atoms with Crippen molar-refractivity contribution in [3.05, 3.63) is 12.7 Å². The summed E-state index contributed by atoms with van der Waals surface area (Å²) in [5, 5.41) is 0. The fraction of sp³-hybridized carbons (Fsp3) is 0.571. The van der Waals surface area contributed by atoms with E-state index < -0.39 is 0 Å². The average Bonchev–Trinajstić information content (AvgIpc) is 2.71. The molecular formula is C7H11NO2. The molecule has 1 aliphatic heterocycles. The minimum Gasteiger partial charge on any atom is -0.461 e. The molecule has 1 fully saturated rings. The van der Waals surface area contributed by atoms with E-state index in [2.05, 4.69) is 11.5 Å². The number of carbonyl (C=O) groups is 1. The SMILES string of the molecule is C=CC(=O)OCCN1CC1. The van der Waals surface area contributed by atoms with Gasteiger partial charge in [0, 0.05) is 25.7 Å². The van der Waals surface area contributed by atoms with E-state index in [-0.39, 0.29) is 5.97 Å². The second kappa shape index (κ2) is 3.37. The Bertz CT molecular complexity index is 141. The molecule has 0 spiro atoms. The Morgan fingerprint density at radius 1 is 1.70 bits per heavy atom. The Morgan fingerprint density at radius 2 is 2.40 bits per heavy atom. The first kappa shape index (κ1) is 7.28. The third kappa shape index (κ3) is 2.64. The lowest BCUT2D eigenvalue weighted by molar-refractivity contribution is -0.137. The Balaban J connectivity index is 1.93. The molecule has 0 saturated carbocycles. The number of hydrogen-bond acceptors (Lipinski definition) is 3. The summed E-state index contributed by atoms with van der Waals surface area (Å²) in [6, 6.07) is 0. The van der Waals surface area contributed by atoms with Crippen LogP contribution in [0, 0.1) is 0 Å². The molecule has 0 aliphatic carbocycles. The van der Waals surface area contributed by atoms with Crippen LogP contribution in [-0.4, -0.2) is 37.1 Å². The lowest BCUT2D eigenvalue weighted by Crippen LogP contribution is -2.11. The van der Waals surface area contributed by atoms with Gasteiger partial charge in [0.1, 0.15) is 6.61 Å². The maximum Gasteiger partial charge on any atom is 0.330 e. The van der Waals surface area contributed by atoms with Crippen LogP contribution in [0.25, 0.3) is 0 Å². The van der Waals surface area contributed by atoms with Crippen molar-refractivity contribution in [3.8, 4) is 0 Å². The Kier molecular flexibility index (Phi) is 2.45. The summed E-state index contributed by atoms with van der Waals surface area (Å²) in [6.45, 7) is 6.93. The van der Waals surface area contributed by atoms with Crippen LogP contribution in [0.4, 0.5) is 0 Å². The summed E-state index contributed by atoms with van der Waals surface area (Å²) in [7, 11) is 0. The monoisotopic (exact) mass is 141 g/mol. The quantitative estimate of drug-likeness (QED) is 0.314. The van der Waals surface area contributed by atoms with Crippen LogP contribution in [0.2, 0.25) is 0 Å². The lowest BCUT2D eigenvalue weighted by Gasteiger charge is -2.00. The molecule has 3 nitrogen and oxygen atoms in total. The standard InChI is InChI=1S/C7H11NO2/c1-2-7(9)10-6-5-8-3-4-8/h2H,1,3-6H2. The Hall–Kier alpha value is -0.830. The van der Waals surface area contributed by atoms with Gasteiger partial charge in [-0.25, -0.2) is 4.79 Å². The molecule has 0 bridgehead atoms. The van der Waals surface area contributed by atoms with Crippen LogP contribution in [0.5, 0.6) is 0 Å². The minimum absolute atomic E-state index is 0.332. The van der Waals surface area contributed by atoms with E-state index in [0.29, 0.717) is 6.61 Å². The first-order valence-corrected chi connectivity index (χ1v) is 3.34. The smallest absolute Gasteiger partial charge is 0.330 e. The first-order chi connectivity index (χ1) is 4.83. The van der Waals surface area contributed by atoms with Gasteiger partial charge in [-0.2, -0.15) is 0 Å². The molecule has 0 amide bonds. The van der Waals surface area contributed by atoms with Crippen molar-refractivity contribution in [2.45, 2.75) is 0 Å². The fourth-order valence-corrected chi connectivity index (χ4v) is 0.629. The summed E-state index contributed by atoms with van der Waals surface area (Å²) in [6.07, 6.45) is 1.18. The molecule has 3 heteroatoms. The van der Waals surface area contributed by atoms with Crippen molar-refractivity contribution >= 4 is 5.97 Å². The van der Waals surface area contributed by atoms with E-state index in [1.54, 1.807) is 0 Å². The van der Waals surface area contributed by atoms with E-state index in [1.807, 2.05) is 0 Å². The van der Waals surface area contributed by atoms with Crippen LogP contribution in [0.3, 0.4) is 0 Å². The zero-order valence-electron chi connectivity index (χ0n) is 5.88. The summed E-state index contributed by atoms with van der Waals surface area (Å²) in [5.74, 6) is -0.332. The number of ether oxygens (including phenoxy) is 1. The summed E-state index contributed by atoms with van der Waals surface area (Å²) in [4.78, 5) is 12.6. The van der Waals surface area contributed by atoms with Crippen molar-refractivity contribution in [2.75, 3.05) is 26.2 Å². The summed E-state index contributed by atoms with van der Waals surface area (Å²) in [5.41, 5.74) is 0. The van der Waals surface area contributed by atoms with Gasteiger partial charge in [0.2, 0.25) is 0 Å². The highest BCUT2D eigenvalue weighted by molar-refractivity contribution is 5.81. The van der Waals surface area contributed by atoms with E-state index in [4.69, 9.17) is 4.74 Å². The predicted octanol–water partition coefficient (Wildman–Crippen LogP) is 0.0312. The predicted molar refractivity (Wildman–Crippen MR) is 37.6 cm³/mol. The normalized spacial score (nSPS) is 16.4. The number of rotatable bonds is 4. The second-order valence-corrected chi connectivity index (χ2v) is 2.21. The number of esters is 1. The molecule has 1 rings (SSSR count). The largest absolute Gasteiger partial charge is 0.461 e. The van der Waals surface area contributed by atoms with E-state index in [0.717, 1.165) is 19.6 Å². The molecule has 0 radical (unpaired) electrons. The van der Waals surface area contributed by atoms with Crippen molar-refractivity contribution in [2.24, 2.45) is 0 Å². The van der Waals surface area contributed by atoms with Crippen LogP contribution < -0.4 is 0 Å². The first-order valence-electron chi connectivity index (χ1n) is 3.34. The lowest BCUT2D eigenvalue weighted by atomic mass is 10.6. The zero-order valence-corrected chi connectivity index (χ0v) is 5.88. The maximum absolute atomic E-state index is 10.5. The van der Waals surface area contributed by atoms with Gasteiger partial charge in [0.05, 0.1) is 0 Å². The fourth-order valence-electron chi connectivity index (χ4n) is 0.629. The van der Waals surface area contributed by atoms with Gasteiger partial charge in [-0.3, -0.25) is 4.90 Å². The molecule has 1 aliphatic rings. The van der Waals surface area contributed by atoms with Crippen molar-refractivity contribution < 1.29 is 9.53 Å². The molecular weight excluding hydrogens is 130 g/mol. The maximum atomic E-state index is 10.5. The van der Waals surface area contributed by atoms with Gasteiger partial charge >= 0.3 is 5.97 Å². The van der Waals surface area contributed by atoms with Crippen molar-refractivity contribution in [3.63, 3.8) is 0 Å². The second-order valence-electron chi connectivity index (χ2n) is 2.21. The van der Waals surface area contributed by atoms with Crippen LogP contribution >= 0.6 is 0 Å². The molecule has 1 saturated heterocycles. The van der Waals surface area contributed by atoms with Crippen LogP contribution in [-0.2, 0) is 9.53 Å². The molecule has 1 heterocycles. The van der Waals surface area contributed by atoms with Gasteiger partial charge in [-0.05, 0) is 0 Å². The molecule has 0 aromatic heterocycles. The van der Waals surface area contributed by atoms with Gasteiger partial charge in [-0.1, -0.05) is 6.58 Å². The number of hydrogen-bond donors (Lipinski definition) is 0. The molecule has 0 N–H and O–H groups in total. The van der Waals surface area contributed by atoms with Gasteiger partial charge in [0.15, 0.2) is 0 Å². The van der Waals surface area contributed by atoms with Crippen molar-refractivity contribution in [1.29, 1.82) is 0 Å². The highest BCUT2D eigenvalue weighted by atomic mass is 16.5. The molecule has 0 aromatic carbocycles. The minimum atomic E-state index is -0.332. The molecule has 0 unspecified atom stereocenters. The van der Waals surface area contributed by atoms with Crippen LogP contribution in [0.1, 0.15) is 0 Å². The van der Waals surface area contributed by atoms with Crippen LogP contribution in [0.15, 0.2) is 12.7 Å². The van der Waals surface area contributed by atoms with Crippen molar-refractivity contribution in [1.82, 2.24) is 4.90 Å². The van der Waals surface area contributed by atoms with E-state index in [9.17, 15) is 4.79 Å². The molecule has 10 heavy (non-hydrogen) atoms. The number of nitrogens with zero attached hydrogens (tertiary/aromatic N) is 1. The highest BCUT2D eigenvalue weighted by Gasteiger charge is 2.16.